The van der Waals surface area contributed by atoms with Crippen molar-refractivity contribution in [2.24, 2.45) is 17.4 Å². The number of carboxylic acids is 1. The molecule has 0 aliphatic rings. The zero-order valence-corrected chi connectivity index (χ0v) is 9.84. The first-order valence-corrected chi connectivity index (χ1v) is 5.25. The summed E-state index contributed by atoms with van der Waals surface area (Å²) in [6.45, 7) is 5.16. The summed E-state index contributed by atoms with van der Waals surface area (Å²) in [4.78, 5) is 22.0. The summed E-state index contributed by atoms with van der Waals surface area (Å²) in [7, 11) is 0. The van der Waals surface area contributed by atoms with Crippen LogP contribution in [-0.2, 0) is 14.3 Å². The summed E-state index contributed by atoms with van der Waals surface area (Å²) >= 11 is 0. The number of hydrogen-bond acceptors (Lipinski definition) is 5. The molecular formula is C10H20N2O4. The summed E-state index contributed by atoms with van der Waals surface area (Å²) in [5, 5.41) is 8.61. The maximum atomic E-state index is 11.5. The molecule has 0 aliphatic heterocycles. The summed E-state index contributed by atoms with van der Waals surface area (Å²) in [5.41, 5.74) is 10.9. The van der Waals surface area contributed by atoms with Crippen LogP contribution in [0.1, 0.15) is 27.2 Å². The van der Waals surface area contributed by atoms with Crippen LogP contribution < -0.4 is 11.5 Å². The van der Waals surface area contributed by atoms with Crippen LogP contribution in [-0.4, -0.2) is 35.2 Å². The molecule has 0 aliphatic carbocycles. The van der Waals surface area contributed by atoms with Crippen LogP contribution >= 0.6 is 0 Å². The lowest BCUT2D eigenvalue weighted by Crippen LogP contribution is -2.46. The van der Waals surface area contributed by atoms with Crippen molar-refractivity contribution < 1.29 is 19.4 Å². The number of carboxylic acid groups (broad SMARTS) is 1. The molecule has 0 fully saturated rings. The van der Waals surface area contributed by atoms with Gasteiger partial charge in [0, 0.05) is 0 Å². The molecule has 0 rings (SSSR count). The van der Waals surface area contributed by atoms with Gasteiger partial charge in [-0.25, -0.2) is 0 Å². The Hall–Kier alpha value is -1.14. The zero-order valence-electron chi connectivity index (χ0n) is 9.84. The van der Waals surface area contributed by atoms with Gasteiger partial charge in [0.1, 0.15) is 18.2 Å². The maximum absolute atomic E-state index is 11.5. The average Bonchev–Trinajstić information content (AvgIpc) is 2.25. The smallest absolute Gasteiger partial charge is 0.324 e. The highest BCUT2D eigenvalue weighted by atomic mass is 16.5. The molecule has 6 heteroatoms. The van der Waals surface area contributed by atoms with E-state index in [4.69, 9.17) is 21.3 Å². The minimum Gasteiger partial charge on any atom is -0.480 e. The van der Waals surface area contributed by atoms with E-state index in [9.17, 15) is 9.59 Å². The van der Waals surface area contributed by atoms with Crippen molar-refractivity contribution in [3.05, 3.63) is 0 Å². The maximum Gasteiger partial charge on any atom is 0.324 e. The van der Waals surface area contributed by atoms with Crippen molar-refractivity contribution in [3.8, 4) is 0 Å². The molecular weight excluding hydrogens is 212 g/mol. The van der Waals surface area contributed by atoms with Gasteiger partial charge in [-0.05, 0) is 12.8 Å². The molecule has 0 amide bonds. The largest absolute Gasteiger partial charge is 0.480 e. The van der Waals surface area contributed by atoms with Crippen LogP contribution in [0.25, 0.3) is 0 Å². The average molecular weight is 232 g/mol. The molecule has 0 bridgehead atoms. The van der Waals surface area contributed by atoms with E-state index >= 15 is 0 Å². The SMILES string of the molecule is CC[C@H](C)[C@H](N)C(=O)O[C@H](C)[C@H](N)C(=O)O. The van der Waals surface area contributed by atoms with Crippen molar-refractivity contribution in [1.29, 1.82) is 0 Å². The number of nitrogens with two attached hydrogens (primary N) is 2. The van der Waals surface area contributed by atoms with Gasteiger partial charge in [0.15, 0.2) is 0 Å². The molecule has 0 saturated carbocycles. The van der Waals surface area contributed by atoms with Gasteiger partial charge in [0.25, 0.3) is 0 Å². The minimum atomic E-state index is -1.23. The van der Waals surface area contributed by atoms with E-state index in [1.807, 2.05) is 13.8 Å². The Balaban J connectivity index is 4.29. The molecule has 0 radical (unpaired) electrons. The van der Waals surface area contributed by atoms with Crippen molar-refractivity contribution in [3.63, 3.8) is 0 Å². The predicted octanol–water partition coefficient (Wildman–Crippen LogP) is -0.297. The quantitative estimate of drug-likeness (QED) is 0.542. The summed E-state index contributed by atoms with van der Waals surface area (Å²) in [5.74, 6) is -1.84. The minimum absolute atomic E-state index is 0.0132. The fourth-order valence-electron chi connectivity index (χ4n) is 1.02. The monoisotopic (exact) mass is 232 g/mol. The van der Waals surface area contributed by atoms with E-state index in [0.717, 1.165) is 6.42 Å². The van der Waals surface area contributed by atoms with Crippen molar-refractivity contribution in [2.75, 3.05) is 0 Å². The van der Waals surface area contributed by atoms with E-state index < -0.39 is 30.1 Å². The van der Waals surface area contributed by atoms with Gasteiger partial charge >= 0.3 is 11.9 Å². The van der Waals surface area contributed by atoms with Gasteiger partial charge < -0.3 is 21.3 Å². The highest BCUT2D eigenvalue weighted by Gasteiger charge is 2.27. The third-order valence-corrected chi connectivity index (χ3v) is 2.62. The molecule has 0 unspecified atom stereocenters. The second-order valence-corrected chi connectivity index (χ2v) is 3.92. The molecule has 0 spiro atoms. The first kappa shape index (κ1) is 14.9. The molecule has 0 aromatic rings. The molecule has 0 aromatic heterocycles. The highest BCUT2D eigenvalue weighted by molar-refractivity contribution is 5.78. The fraction of sp³-hybridized carbons (Fsp3) is 0.800. The molecule has 94 valence electrons. The second kappa shape index (κ2) is 6.44. The number of hydrogen-bond donors (Lipinski definition) is 3. The standard InChI is InChI=1S/C10H20N2O4/c1-4-5(2)7(11)10(15)16-6(3)8(12)9(13)14/h5-8H,4,11-12H2,1-3H3,(H,13,14)/t5-,6+,7-,8-/m0/s1. The van der Waals surface area contributed by atoms with Gasteiger partial charge in [0.2, 0.25) is 0 Å². The van der Waals surface area contributed by atoms with Crippen LogP contribution in [0.3, 0.4) is 0 Å². The van der Waals surface area contributed by atoms with Crippen molar-refractivity contribution >= 4 is 11.9 Å². The van der Waals surface area contributed by atoms with E-state index in [0.29, 0.717) is 0 Å². The Morgan fingerprint density at radius 1 is 1.25 bits per heavy atom. The van der Waals surface area contributed by atoms with Gasteiger partial charge in [-0.15, -0.1) is 0 Å². The number of rotatable bonds is 6. The van der Waals surface area contributed by atoms with Gasteiger partial charge in [0.05, 0.1) is 0 Å². The van der Waals surface area contributed by atoms with E-state index in [1.165, 1.54) is 6.92 Å². The first-order chi connectivity index (χ1) is 7.31. The number of carbonyl (C=O) groups excluding carboxylic acids is 1. The molecule has 4 atom stereocenters. The van der Waals surface area contributed by atoms with Crippen molar-refractivity contribution in [1.82, 2.24) is 0 Å². The van der Waals surface area contributed by atoms with Crippen LogP contribution in [0.15, 0.2) is 0 Å². The highest BCUT2D eigenvalue weighted by Crippen LogP contribution is 2.08. The van der Waals surface area contributed by atoms with E-state index in [-0.39, 0.29) is 5.92 Å². The lowest BCUT2D eigenvalue weighted by molar-refractivity contribution is -0.155. The van der Waals surface area contributed by atoms with Crippen LogP contribution in [0.4, 0.5) is 0 Å². The molecule has 6 nitrogen and oxygen atoms in total. The predicted molar refractivity (Wildman–Crippen MR) is 58.6 cm³/mol. The van der Waals surface area contributed by atoms with Gasteiger partial charge in [-0.1, -0.05) is 20.3 Å². The Labute approximate surface area is 94.9 Å². The Morgan fingerprint density at radius 3 is 2.12 bits per heavy atom. The van der Waals surface area contributed by atoms with Crippen LogP contribution in [0, 0.1) is 5.92 Å². The topological polar surface area (TPSA) is 116 Å². The normalized spacial score (nSPS) is 18.3. The lowest BCUT2D eigenvalue weighted by atomic mass is 10.0. The van der Waals surface area contributed by atoms with Gasteiger partial charge in [-0.3, -0.25) is 9.59 Å². The molecule has 0 aromatic carbocycles. The lowest BCUT2D eigenvalue weighted by Gasteiger charge is -2.21. The molecule has 0 saturated heterocycles. The fourth-order valence-corrected chi connectivity index (χ4v) is 1.02. The number of carbonyl (C=O) groups is 2. The Kier molecular flexibility index (Phi) is 5.98. The molecule has 16 heavy (non-hydrogen) atoms. The third-order valence-electron chi connectivity index (χ3n) is 2.62. The summed E-state index contributed by atoms with van der Waals surface area (Å²) < 4.78 is 4.89. The summed E-state index contributed by atoms with van der Waals surface area (Å²) in [6, 6.07) is -1.97. The van der Waals surface area contributed by atoms with Crippen molar-refractivity contribution in [2.45, 2.75) is 45.4 Å². The third kappa shape index (κ3) is 4.16. The molecule has 5 N–H and O–H groups in total. The number of ether oxygens (including phenoxy) is 1. The zero-order chi connectivity index (χ0) is 12.9. The summed E-state index contributed by atoms with van der Waals surface area (Å²) in [6.07, 6.45) is -0.143. The number of aliphatic carboxylic acids is 1. The van der Waals surface area contributed by atoms with Gasteiger partial charge in [-0.2, -0.15) is 0 Å². The van der Waals surface area contributed by atoms with E-state index in [1.54, 1.807) is 0 Å². The number of esters is 1. The second-order valence-electron chi connectivity index (χ2n) is 3.92. The van der Waals surface area contributed by atoms with E-state index in [2.05, 4.69) is 0 Å². The Bertz CT molecular complexity index is 257. The molecule has 0 heterocycles. The van der Waals surface area contributed by atoms with Crippen LogP contribution in [0.5, 0.6) is 0 Å². The first-order valence-electron chi connectivity index (χ1n) is 5.25. The Morgan fingerprint density at radius 2 is 1.75 bits per heavy atom. The van der Waals surface area contributed by atoms with Crippen LogP contribution in [0.2, 0.25) is 0 Å².